The van der Waals surface area contributed by atoms with Crippen molar-refractivity contribution in [3.05, 3.63) is 71.8 Å². The molecule has 1 aliphatic rings. The van der Waals surface area contributed by atoms with Crippen LogP contribution in [0.25, 0.3) is 5.76 Å². The van der Waals surface area contributed by atoms with Crippen molar-refractivity contribution in [1.29, 1.82) is 0 Å². The first-order valence-electron chi connectivity index (χ1n) is 9.23. The topological polar surface area (TPSA) is 94.1 Å². The molecule has 0 saturated carbocycles. The van der Waals surface area contributed by atoms with Crippen molar-refractivity contribution < 1.29 is 28.9 Å². The van der Waals surface area contributed by atoms with Gasteiger partial charge in [0.15, 0.2) is 12.1 Å². The number of nitrogens with one attached hydrogen (secondary N) is 1. The number of carboxylic acid groups (broad SMARTS) is 1. The van der Waals surface area contributed by atoms with Crippen LogP contribution in [0.3, 0.4) is 0 Å². The normalized spacial score (nSPS) is 16.4. The molecule has 0 bridgehead atoms. The van der Waals surface area contributed by atoms with Gasteiger partial charge in [0, 0.05) is 12.0 Å². The highest BCUT2D eigenvalue weighted by Gasteiger charge is 2.30. The number of hydrogen-bond acceptors (Lipinski definition) is 5. The Labute approximate surface area is 168 Å². The van der Waals surface area contributed by atoms with E-state index in [4.69, 9.17) is 14.2 Å². The number of rotatable bonds is 9. The predicted molar refractivity (Wildman–Crippen MR) is 106 cm³/mol. The van der Waals surface area contributed by atoms with E-state index in [2.05, 4.69) is 5.32 Å². The Kier molecular flexibility index (Phi) is 6.86. The van der Waals surface area contributed by atoms with Gasteiger partial charge >= 0.3 is 5.97 Å². The molecular formula is C22H23NO6. The first-order valence-corrected chi connectivity index (χ1v) is 9.23. The summed E-state index contributed by atoms with van der Waals surface area (Å²) in [6.45, 7) is 0.126. The van der Waals surface area contributed by atoms with E-state index >= 15 is 0 Å². The van der Waals surface area contributed by atoms with Crippen molar-refractivity contribution >= 4 is 17.6 Å². The van der Waals surface area contributed by atoms with E-state index in [-0.39, 0.29) is 13.2 Å². The van der Waals surface area contributed by atoms with Crippen LogP contribution in [-0.4, -0.2) is 42.8 Å². The fourth-order valence-electron chi connectivity index (χ4n) is 2.89. The lowest BCUT2D eigenvalue weighted by molar-refractivity contribution is -0.145. The number of carbonyl (C=O) groups excluding carboxylic acids is 1. The van der Waals surface area contributed by atoms with E-state index in [1.165, 1.54) is 0 Å². The SMILES string of the molecule is COc1cccc(C2=CCC(C(=O)N[C@@H](COCc3ccccc3)C(=O)O)O2)c1. The second-order valence-corrected chi connectivity index (χ2v) is 6.54. The molecule has 2 aromatic carbocycles. The Morgan fingerprint density at radius 1 is 1.21 bits per heavy atom. The van der Waals surface area contributed by atoms with Gasteiger partial charge in [-0.3, -0.25) is 4.79 Å². The Balaban J connectivity index is 1.52. The number of methoxy groups -OCH3 is 1. The van der Waals surface area contributed by atoms with Crippen molar-refractivity contribution in [3.63, 3.8) is 0 Å². The lowest BCUT2D eigenvalue weighted by atomic mass is 10.1. The molecule has 2 atom stereocenters. The first-order chi connectivity index (χ1) is 14.1. The highest BCUT2D eigenvalue weighted by molar-refractivity contribution is 5.88. The van der Waals surface area contributed by atoms with Crippen molar-refractivity contribution in [2.24, 2.45) is 0 Å². The number of carboxylic acids is 1. The number of hydrogen-bond donors (Lipinski definition) is 2. The molecule has 7 heteroatoms. The second kappa shape index (κ2) is 9.75. The smallest absolute Gasteiger partial charge is 0.328 e. The number of carbonyl (C=O) groups is 2. The quantitative estimate of drug-likeness (QED) is 0.676. The van der Waals surface area contributed by atoms with E-state index in [9.17, 15) is 14.7 Å². The van der Waals surface area contributed by atoms with Gasteiger partial charge in [-0.2, -0.15) is 0 Å². The molecule has 0 saturated heterocycles. The van der Waals surface area contributed by atoms with Crippen molar-refractivity contribution in [2.75, 3.05) is 13.7 Å². The zero-order valence-electron chi connectivity index (χ0n) is 16.0. The van der Waals surface area contributed by atoms with Crippen LogP contribution in [0, 0.1) is 0 Å². The molecule has 1 amide bonds. The Morgan fingerprint density at radius 2 is 2.00 bits per heavy atom. The van der Waals surface area contributed by atoms with Crippen molar-refractivity contribution in [1.82, 2.24) is 5.32 Å². The third-order valence-corrected chi connectivity index (χ3v) is 4.44. The summed E-state index contributed by atoms with van der Waals surface area (Å²) in [5.41, 5.74) is 1.72. The van der Waals surface area contributed by atoms with E-state index in [0.717, 1.165) is 11.1 Å². The van der Waals surface area contributed by atoms with Crippen LogP contribution in [-0.2, 0) is 25.7 Å². The Bertz CT molecular complexity index is 880. The summed E-state index contributed by atoms with van der Waals surface area (Å²) in [5.74, 6) is -0.405. The molecule has 2 N–H and O–H groups in total. The van der Waals surface area contributed by atoms with Gasteiger partial charge < -0.3 is 24.6 Å². The van der Waals surface area contributed by atoms with E-state index in [0.29, 0.717) is 17.9 Å². The maximum absolute atomic E-state index is 12.5. The standard InChI is InChI=1S/C22H23NO6/c1-27-17-9-5-8-16(12-17)19-10-11-20(29-19)21(24)23-18(22(25)26)14-28-13-15-6-3-2-4-7-15/h2-10,12,18,20H,11,13-14H2,1H3,(H,23,24)(H,25,26)/t18-,20?/m0/s1. The summed E-state index contributed by atoms with van der Waals surface area (Å²) < 4.78 is 16.4. The number of aliphatic carboxylic acids is 1. The second-order valence-electron chi connectivity index (χ2n) is 6.54. The van der Waals surface area contributed by atoms with Gasteiger partial charge in [0.2, 0.25) is 0 Å². The average molecular weight is 397 g/mol. The molecule has 0 aromatic heterocycles. The summed E-state index contributed by atoms with van der Waals surface area (Å²) >= 11 is 0. The Hall–Kier alpha value is -3.32. The lowest BCUT2D eigenvalue weighted by Crippen LogP contribution is -2.47. The minimum atomic E-state index is -1.16. The van der Waals surface area contributed by atoms with Crippen LogP contribution in [0.2, 0.25) is 0 Å². The van der Waals surface area contributed by atoms with Gasteiger partial charge in [-0.05, 0) is 23.8 Å². The molecule has 2 aromatic rings. The first kappa shape index (κ1) is 20.4. The summed E-state index contributed by atoms with van der Waals surface area (Å²) in [6, 6.07) is 15.6. The summed E-state index contributed by atoms with van der Waals surface area (Å²) in [7, 11) is 1.57. The molecule has 0 spiro atoms. The third kappa shape index (κ3) is 5.58. The maximum atomic E-state index is 12.5. The molecule has 1 heterocycles. The molecule has 152 valence electrons. The molecule has 3 rings (SSSR count). The minimum absolute atomic E-state index is 0.140. The van der Waals surface area contributed by atoms with E-state index in [1.807, 2.05) is 54.6 Å². The molecule has 0 radical (unpaired) electrons. The minimum Gasteiger partial charge on any atom is -0.497 e. The van der Waals surface area contributed by atoms with Gasteiger partial charge in [0.05, 0.1) is 20.3 Å². The number of ether oxygens (including phenoxy) is 3. The summed E-state index contributed by atoms with van der Waals surface area (Å²) in [6.07, 6.45) is 1.38. The van der Waals surface area contributed by atoms with Gasteiger partial charge in [-0.15, -0.1) is 0 Å². The van der Waals surface area contributed by atoms with Crippen molar-refractivity contribution in [3.8, 4) is 5.75 Å². The fourth-order valence-corrected chi connectivity index (χ4v) is 2.89. The van der Waals surface area contributed by atoms with Crippen LogP contribution in [0.1, 0.15) is 17.5 Å². The highest BCUT2D eigenvalue weighted by atomic mass is 16.5. The van der Waals surface area contributed by atoms with Crippen LogP contribution in [0.15, 0.2) is 60.7 Å². The maximum Gasteiger partial charge on any atom is 0.328 e. The van der Waals surface area contributed by atoms with Gasteiger partial charge in [-0.25, -0.2) is 4.79 Å². The number of benzene rings is 2. The van der Waals surface area contributed by atoms with Gasteiger partial charge in [0.1, 0.15) is 11.5 Å². The monoisotopic (exact) mass is 397 g/mol. The molecular weight excluding hydrogens is 374 g/mol. The van der Waals surface area contributed by atoms with E-state index in [1.54, 1.807) is 13.2 Å². The van der Waals surface area contributed by atoms with Crippen LogP contribution in [0.5, 0.6) is 5.75 Å². The molecule has 1 aliphatic heterocycles. The molecule has 29 heavy (non-hydrogen) atoms. The molecule has 0 aliphatic carbocycles. The van der Waals surface area contributed by atoms with Gasteiger partial charge in [-0.1, -0.05) is 42.5 Å². The molecule has 7 nitrogen and oxygen atoms in total. The number of amides is 1. The zero-order chi connectivity index (χ0) is 20.6. The molecule has 0 fully saturated rings. The predicted octanol–water partition coefficient (Wildman–Crippen LogP) is 2.61. The Morgan fingerprint density at radius 3 is 2.72 bits per heavy atom. The van der Waals surface area contributed by atoms with Crippen LogP contribution >= 0.6 is 0 Å². The lowest BCUT2D eigenvalue weighted by Gasteiger charge is -2.18. The highest BCUT2D eigenvalue weighted by Crippen LogP contribution is 2.28. The zero-order valence-corrected chi connectivity index (χ0v) is 16.0. The van der Waals surface area contributed by atoms with Gasteiger partial charge in [0.25, 0.3) is 5.91 Å². The van der Waals surface area contributed by atoms with Crippen LogP contribution in [0.4, 0.5) is 0 Å². The van der Waals surface area contributed by atoms with E-state index < -0.39 is 24.0 Å². The largest absolute Gasteiger partial charge is 0.497 e. The molecule has 1 unspecified atom stereocenters. The summed E-state index contributed by atoms with van der Waals surface area (Å²) in [5, 5.41) is 11.9. The third-order valence-electron chi connectivity index (χ3n) is 4.44. The fraction of sp³-hybridized carbons (Fsp3) is 0.273. The average Bonchev–Trinajstić information content (AvgIpc) is 3.24. The van der Waals surface area contributed by atoms with Crippen LogP contribution < -0.4 is 10.1 Å². The van der Waals surface area contributed by atoms with Crippen molar-refractivity contribution in [2.45, 2.75) is 25.2 Å². The summed E-state index contributed by atoms with van der Waals surface area (Å²) in [4.78, 5) is 24.0.